The van der Waals surface area contributed by atoms with Gasteiger partial charge in [-0.1, -0.05) is 60.1 Å². The number of hydrogen-bond acceptors (Lipinski definition) is 19. The fourth-order valence-electron chi connectivity index (χ4n) is 12.1. The number of aromatic hydroxyl groups is 1. The van der Waals surface area contributed by atoms with Gasteiger partial charge in [-0.3, -0.25) is 76.2 Å². The first kappa shape index (κ1) is 72.6. The summed E-state index contributed by atoms with van der Waals surface area (Å²) in [5.41, 5.74) is 6.40. The normalized spacial score (nSPS) is 27.2. The molecule has 3 saturated heterocycles. The number of imide groups is 1. The average molecular weight is 1360 g/mol. The highest BCUT2D eigenvalue weighted by Gasteiger charge is 2.47. The number of likely N-dealkylation sites (tertiary alicyclic amines) is 1. The average Bonchev–Trinajstić information content (AvgIpc) is 1.63. The number of aliphatic hydroxyl groups is 1. The number of anilines is 1. The molecule has 32 nitrogen and oxygen atoms in total. The number of nitrogens with two attached hydrogens (primary N) is 1. The van der Waals surface area contributed by atoms with E-state index in [4.69, 9.17) is 15.2 Å². The summed E-state index contributed by atoms with van der Waals surface area (Å²) in [7, 11) is -2.44. The van der Waals surface area contributed by atoms with Gasteiger partial charge in [-0.05, 0) is 48.6 Å². The third-order valence-electron chi connectivity index (χ3n) is 17.9. The Kier molecular flexibility index (Phi) is 23.9. The Labute approximate surface area is 553 Å². The molecule has 3 fully saturated rings. The SMILES string of the molecule is CC[C@H](C)[C@@H]1NC(=O)CNC(=O)C2Cc3c([nH]c4cc(O)ccc34)[S@](=O)CC(NC(=O)CNC1=O)C(=O)N[C@H](CC(N)=O)C(=O)N1CC(O)C[C@H]1C(=O)N[C@@H]([C@@H](C)[C@@H]1COC(c3cccc(NC(=O)[C@@H](C)NC(=O)[C@@H](CC(=O)CCN4C(=O)CC(C)C4=O)C(C)C)c3)O1)C(=O)N2. The number of H-pyrrole nitrogens is 1. The van der Waals surface area contributed by atoms with Gasteiger partial charge in [-0.25, -0.2) is 0 Å². The van der Waals surface area contributed by atoms with Crippen LogP contribution in [0.2, 0.25) is 0 Å². The van der Waals surface area contributed by atoms with Crippen molar-refractivity contribution in [1.82, 2.24) is 57.3 Å². The first-order valence-electron chi connectivity index (χ1n) is 31.8. The van der Waals surface area contributed by atoms with Crippen LogP contribution in [0.5, 0.6) is 5.75 Å². The second-order valence-electron chi connectivity index (χ2n) is 25.4. The number of amides is 13. The highest BCUT2D eigenvalue weighted by Crippen LogP contribution is 2.34. The van der Waals surface area contributed by atoms with Gasteiger partial charge in [0.1, 0.15) is 58.9 Å². The van der Waals surface area contributed by atoms with Crippen molar-refractivity contribution >= 4 is 110 Å². The monoisotopic (exact) mass is 1360 g/mol. The number of aliphatic hydroxyl groups excluding tert-OH is 1. The summed E-state index contributed by atoms with van der Waals surface area (Å²) in [5.74, 6) is -16.0. The summed E-state index contributed by atoms with van der Waals surface area (Å²) in [5, 5.41) is 44.8. The lowest BCUT2D eigenvalue weighted by molar-refractivity contribution is -0.144. The number of rotatable bonds is 17. The molecule has 6 heterocycles. The number of phenols is 1. The number of ether oxygens (including phenoxy) is 2. The number of ketones is 1. The zero-order valence-corrected chi connectivity index (χ0v) is 54.9. The summed E-state index contributed by atoms with van der Waals surface area (Å²) in [6.07, 6.45) is -5.54. The summed E-state index contributed by atoms with van der Waals surface area (Å²) in [6, 6.07) is -1.07. The zero-order valence-electron chi connectivity index (χ0n) is 54.1. The first-order valence-corrected chi connectivity index (χ1v) is 33.1. The third-order valence-corrected chi connectivity index (χ3v) is 19.3. The number of carbonyl (C=O) groups excluding carboxylic acids is 14. The van der Waals surface area contributed by atoms with Gasteiger partial charge in [0, 0.05) is 85.7 Å². The molecule has 5 unspecified atom stereocenters. The van der Waals surface area contributed by atoms with Crippen LogP contribution in [-0.2, 0) is 93.8 Å². The molecule has 5 aliphatic heterocycles. The maximum Gasteiger partial charge on any atom is 0.246 e. The van der Waals surface area contributed by atoms with E-state index in [2.05, 4.69) is 52.8 Å². The highest BCUT2D eigenvalue weighted by atomic mass is 32.2. The number of carbonyl (C=O) groups is 14. The lowest BCUT2D eigenvalue weighted by atomic mass is 9.89. The molecule has 96 heavy (non-hydrogen) atoms. The van der Waals surface area contributed by atoms with Gasteiger partial charge in [0.15, 0.2) is 6.29 Å². The van der Waals surface area contributed by atoms with Crippen molar-refractivity contribution in [3.63, 3.8) is 0 Å². The molecule has 15 atom stereocenters. The number of primary amides is 1. The molecule has 0 aliphatic carbocycles. The Hall–Kier alpha value is -9.21. The minimum Gasteiger partial charge on any atom is -0.508 e. The molecule has 13 amide bonds. The van der Waals surface area contributed by atoms with Crippen LogP contribution in [0.1, 0.15) is 104 Å². The Morgan fingerprint density at radius 1 is 0.792 bits per heavy atom. The van der Waals surface area contributed by atoms with E-state index in [1.54, 1.807) is 52.8 Å². The molecule has 5 aliphatic rings. The minimum atomic E-state index is -2.44. The molecule has 520 valence electrons. The van der Waals surface area contributed by atoms with Gasteiger partial charge < -0.3 is 83.2 Å². The van der Waals surface area contributed by atoms with Crippen LogP contribution in [-0.4, -0.2) is 205 Å². The fourth-order valence-corrected chi connectivity index (χ4v) is 13.5. The highest BCUT2D eigenvalue weighted by molar-refractivity contribution is 7.85. The van der Waals surface area contributed by atoms with E-state index in [1.165, 1.54) is 38.1 Å². The quantitative estimate of drug-likeness (QED) is 0.0612. The summed E-state index contributed by atoms with van der Waals surface area (Å²) in [4.78, 5) is 198. The lowest BCUT2D eigenvalue weighted by Crippen LogP contribution is -2.62. The van der Waals surface area contributed by atoms with E-state index >= 15 is 4.79 Å². The van der Waals surface area contributed by atoms with Crippen LogP contribution in [0.15, 0.2) is 47.5 Å². The van der Waals surface area contributed by atoms with Crippen molar-refractivity contribution in [2.45, 2.75) is 159 Å². The zero-order chi connectivity index (χ0) is 70.1. The Balaban J connectivity index is 1.09. The molecule has 0 radical (unpaired) electrons. The molecule has 0 saturated carbocycles. The lowest BCUT2D eigenvalue weighted by Gasteiger charge is -2.33. The summed E-state index contributed by atoms with van der Waals surface area (Å²) < 4.78 is 27.5. The largest absolute Gasteiger partial charge is 0.508 e. The molecular weight excluding hydrogens is 1270 g/mol. The van der Waals surface area contributed by atoms with Crippen molar-refractivity contribution in [3.8, 4) is 5.75 Å². The van der Waals surface area contributed by atoms with E-state index in [0.29, 0.717) is 12.0 Å². The number of Topliss-reactive ketones (excluding diaryl/α,β-unsaturated/α-hetero) is 1. The topological polar surface area (TPSA) is 472 Å². The predicted molar refractivity (Wildman–Crippen MR) is 338 cm³/mol. The van der Waals surface area contributed by atoms with Crippen LogP contribution in [0, 0.1) is 29.6 Å². The maximum atomic E-state index is 15.4. The Bertz CT molecular complexity index is 3600. The number of nitrogens with one attached hydrogen (secondary N) is 10. The van der Waals surface area contributed by atoms with Gasteiger partial charge in [-0.2, -0.15) is 0 Å². The van der Waals surface area contributed by atoms with Gasteiger partial charge in [0.25, 0.3) is 0 Å². The van der Waals surface area contributed by atoms with E-state index in [0.717, 1.165) is 9.80 Å². The van der Waals surface area contributed by atoms with Crippen LogP contribution < -0.4 is 53.6 Å². The number of aromatic nitrogens is 1. The third kappa shape index (κ3) is 17.6. The molecule has 2 aromatic carbocycles. The first-order chi connectivity index (χ1) is 45.4. The van der Waals surface area contributed by atoms with E-state index in [-0.39, 0.29) is 88.9 Å². The Morgan fingerprint density at radius 3 is 2.18 bits per heavy atom. The number of nitrogens with zero attached hydrogens (tertiary/aromatic N) is 2. The maximum absolute atomic E-state index is 15.4. The smallest absolute Gasteiger partial charge is 0.246 e. The van der Waals surface area contributed by atoms with E-state index in [9.17, 15) is 76.8 Å². The van der Waals surface area contributed by atoms with Crippen molar-refractivity contribution in [1.29, 1.82) is 0 Å². The van der Waals surface area contributed by atoms with E-state index in [1.807, 2.05) is 0 Å². The fraction of sp³-hybridized carbons (Fsp3) is 0.556. The second kappa shape index (κ2) is 31.6. The number of fused-ring (bicyclic) bond motifs is 5. The summed E-state index contributed by atoms with van der Waals surface area (Å²) in [6.45, 7) is 8.96. The number of hydrogen-bond donors (Lipinski definition) is 13. The van der Waals surface area contributed by atoms with Crippen molar-refractivity contribution in [2.75, 3.05) is 43.9 Å². The summed E-state index contributed by atoms with van der Waals surface area (Å²) >= 11 is 0. The van der Waals surface area contributed by atoms with Crippen molar-refractivity contribution in [3.05, 3.63) is 53.6 Å². The molecule has 3 aromatic rings. The van der Waals surface area contributed by atoms with Gasteiger partial charge >= 0.3 is 0 Å². The minimum absolute atomic E-state index is 0.0622. The molecule has 33 heteroatoms. The van der Waals surface area contributed by atoms with Crippen LogP contribution in [0.4, 0.5) is 5.69 Å². The molecule has 2 bridgehead atoms. The molecule has 1 aromatic heterocycles. The van der Waals surface area contributed by atoms with Gasteiger partial charge in [0.2, 0.25) is 76.8 Å². The molecule has 8 rings (SSSR count). The predicted octanol–water partition coefficient (Wildman–Crippen LogP) is -2.70. The number of phenolic OH excluding ortho intramolecular Hbond substituents is 1. The molecular formula is C63H83N13O19S. The number of benzene rings is 2. The van der Waals surface area contributed by atoms with Crippen molar-refractivity contribution in [2.24, 2.45) is 35.3 Å². The van der Waals surface area contributed by atoms with Gasteiger partial charge in [0.05, 0.1) is 60.4 Å². The van der Waals surface area contributed by atoms with Crippen LogP contribution in [0.3, 0.4) is 0 Å². The Morgan fingerprint density at radius 2 is 1.50 bits per heavy atom. The molecule has 14 N–H and O–H groups in total. The van der Waals surface area contributed by atoms with Gasteiger partial charge in [-0.15, -0.1) is 0 Å². The second-order valence-corrected chi connectivity index (χ2v) is 26.8. The standard InChI is InChI=1S/C63H83N13O19S/c1-8-29(4)51-58(89)66-23-48(81)69-44-27-96(93)60-40(38-13-12-35(77)19-41(38)72-60)21-42(55(86)65-24-49(82)73-51)70-59(90)52(74-57(88)45-20-37(79)25-76(45)62(92)43(22-47(64)80)71-56(44)87)31(6)46-26-94-63(95-46)33-10-9-11-34(17-33)68-53(84)32(7)67-54(85)39(28(2)3)18-36(78)14-15-75-50(83)16-30(5)61(75)91/h9-13,17,19,28-32,37,39,42-46,51-52,63,72,77,79H,8,14-16,18,20-27H2,1-7H3,(H2,64,80)(H,65,86)(H,66,89)(H,67,85)(H,68,84)(H,69,81)(H,70,90)(H,71,87)(H,73,82)(H,74,88)/t29-,30?,31-,32+,37?,39-,42?,43+,44?,45-,46-,51-,52-,63?,96+/m0/s1. The molecule has 0 spiro atoms. The van der Waals surface area contributed by atoms with Crippen LogP contribution >= 0.6 is 0 Å². The van der Waals surface area contributed by atoms with Crippen molar-refractivity contribution < 1.29 is 91.0 Å². The van der Waals surface area contributed by atoms with E-state index < -0.39 is 205 Å². The number of aromatic amines is 1. The van der Waals surface area contributed by atoms with Crippen LogP contribution in [0.25, 0.3) is 10.9 Å².